The van der Waals surface area contributed by atoms with Gasteiger partial charge in [-0.25, -0.2) is 0 Å². The van der Waals surface area contributed by atoms with E-state index >= 15 is 0 Å². The fraction of sp³-hybridized carbons (Fsp3) is 1.00. The topological polar surface area (TPSA) is 20.2 Å². The van der Waals surface area contributed by atoms with Crippen LogP contribution >= 0.6 is 0 Å². The normalized spacial score (nSPS) is 34.9. The van der Waals surface area contributed by atoms with Crippen LogP contribution in [0.4, 0.5) is 0 Å². The number of aliphatic hydroxyl groups is 1. The smallest absolute Gasteiger partial charge is 0.0726 e. The van der Waals surface area contributed by atoms with Crippen LogP contribution in [0.5, 0.6) is 0 Å². The van der Waals surface area contributed by atoms with Crippen molar-refractivity contribution in [1.82, 2.24) is 0 Å². The van der Waals surface area contributed by atoms with Crippen LogP contribution in [-0.2, 0) is 0 Å². The van der Waals surface area contributed by atoms with Gasteiger partial charge in [-0.2, -0.15) is 0 Å². The van der Waals surface area contributed by atoms with Crippen molar-refractivity contribution in [2.24, 2.45) is 11.3 Å². The molecular weight excluding hydrogens is 232 g/mol. The lowest BCUT2D eigenvalue weighted by molar-refractivity contribution is -0.133. The Kier molecular flexibility index (Phi) is 5.34. The lowest BCUT2D eigenvalue weighted by Gasteiger charge is -2.50. The highest BCUT2D eigenvalue weighted by molar-refractivity contribution is 4.99. The summed E-state index contributed by atoms with van der Waals surface area (Å²) in [6.45, 7) is 4.66. The quantitative estimate of drug-likeness (QED) is 0.668. The third-order valence-corrected chi connectivity index (χ3v) is 6.06. The number of rotatable bonds is 1. The van der Waals surface area contributed by atoms with E-state index in [4.69, 9.17) is 0 Å². The van der Waals surface area contributed by atoms with Gasteiger partial charge in [-0.15, -0.1) is 0 Å². The molecule has 0 spiro atoms. The van der Waals surface area contributed by atoms with Crippen LogP contribution in [0.2, 0.25) is 0 Å². The van der Waals surface area contributed by atoms with Gasteiger partial charge < -0.3 is 5.11 Å². The standard InChI is InChI=1S/C18H34O/c1-17(2)14-10-6-7-11-15-18(17,19)16-12-8-4-3-5-9-13-16/h16,19H,3-15H2,1-2H3. The molecule has 2 fully saturated rings. The molecule has 0 radical (unpaired) electrons. The molecule has 0 aliphatic heterocycles. The first kappa shape index (κ1) is 15.4. The van der Waals surface area contributed by atoms with Gasteiger partial charge in [0.1, 0.15) is 0 Å². The Hall–Kier alpha value is -0.0400. The monoisotopic (exact) mass is 266 g/mol. The first-order chi connectivity index (χ1) is 9.06. The molecule has 1 atom stereocenters. The second-order valence-electron chi connectivity index (χ2n) is 7.76. The van der Waals surface area contributed by atoms with E-state index in [1.807, 2.05) is 0 Å². The van der Waals surface area contributed by atoms with Crippen LogP contribution in [0.25, 0.3) is 0 Å². The molecule has 2 rings (SSSR count). The van der Waals surface area contributed by atoms with E-state index in [-0.39, 0.29) is 5.41 Å². The highest BCUT2D eigenvalue weighted by Gasteiger charge is 2.47. The predicted octanol–water partition coefficient (Wildman–Crippen LogP) is 5.46. The Balaban J connectivity index is 2.13. The maximum atomic E-state index is 11.5. The van der Waals surface area contributed by atoms with Crippen molar-refractivity contribution in [3.63, 3.8) is 0 Å². The fourth-order valence-corrected chi connectivity index (χ4v) is 4.56. The molecule has 19 heavy (non-hydrogen) atoms. The van der Waals surface area contributed by atoms with Crippen molar-refractivity contribution in [1.29, 1.82) is 0 Å². The SMILES string of the molecule is CC1(C)CCCCCCC1(O)C1CCCCCCC1. The minimum Gasteiger partial charge on any atom is -0.389 e. The van der Waals surface area contributed by atoms with Crippen molar-refractivity contribution >= 4 is 0 Å². The summed E-state index contributed by atoms with van der Waals surface area (Å²) in [4.78, 5) is 0. The molecule has 1 N–H and O–H groups in total. The molecule has 1 nitrogen and oxygen atoms in total. The predicted molar refractivity (Wildman–Crippen MR) is 82.2 cm³/mol. The summed E-state index contributed by atoms with van der Waals surface area (Å²) in [6, 6.07) is 0. The lowest BCUT2D eigenvalue weighted by atomic mass is 9.60. The highest BCUT2D eigenvalue weighted by atomic mass is 16.3. The number of hydrogen-bond donors (Lipinski definition) is 1. The van der Waals surface area contributed by atoms with Gasteiger partial charge in [0.15, 0.2) is 0 Å². The van der Waals surface area contributed by atoms with E-state index in [2.05, 4.69) is 13.8 Å². The minimum atomic E-state index is -0.398. The van der Waals surface area contributed by atoms with Gasteiger partial charge in [0.25, 0.3) is 0 Å². The van der Waals surface area contributed by atoms with Crippen LogP contribution in [0.1, 0.15) is 97.3 Å². The molecule has 0 bridgehead atoms. The largest absolute Gasteiger partial charge is 0.389 e. The average molecular weight is 266 g/mol. The Morgan fingerprint density at radius 3 is 1.79 bits per heavy atom. The minimum absolute atomic E-state index is 0.108. The van der Waals surface area contributed by atoms with Gasteiger partial charge >= 0.3 is 0 Å². The second kappa shape index (κ2) is 6.61. The van der Waals surface area contributed by atoms with Gasteiger partial charge in [0, 0.05) is 0 Å². The maximum Gasteiger partial charge on any atom is 0.0726 e. The highest BCUT2D eigenvalue weighted by Crippen LogP contribution is 2.49. The molecule has 0 aromatic heterocycles. The molecule has 2 aliphatic carbocycles. The molecule has 112 valence electrons. The van der Waals surface area contributed by atoms with Crippen molar-refractivity contribution in [2.45, 2.75) is 103 Å². The Morgan fingerprint density at radius 2 is 1.16 bits per heavy atom. The van der Waals surface area contributed by atoms with Crippen molar-refractivity contribution in [2.75, 3.05) is 0 Å². The first-order valence-electron chi connectivity index (χ1n) is 8.79. The zero-order chi connectivity index (χ0) is 13.8. The van der Waals surface area contributed by atoms with E-state index in [0.29, 0.717) is 5.92 Å². The Labute approximate surface area is 120 Å². The zero-order valence-corrected chi connectivity index (χ0v) is 13.2. The summed E-state index contributed by atoms with van der Waals surface area (Å²) in [5.41, 5.74) is -0.290. The molecule has 0 amide bonds. The van der Waals surface area contributed by atoms with E-state index in [9.17, 15) is 5.11 Å². The van der Waals surface area contributed by atoms with Crippen LogP contribution in [0, 0.1) is 11.3 Å². The molecule has 0 heterocycles. The third kappa shape index (κ3) is 3.54. The Morgan fingerprint density at radius 1 is 0.684 bits per heavy atom. The first-order valence-corrected chi connectivity index (χ1v) is 8.79. The van der Waals surface area contributed by atoms with Gasteiger partial charge in [0.2, 0.25) is 0 Å². The summed E-state index contributed by atoms with van der Waals surface area (Å²) in [7, 11) is 0. The van der Waals surface area contributed by atoms with Gasteiger partial charge in [0.05, 0.1) is 5.60 Å². The zero-order valence-electron chi connectivity index (χ0n) is 13.2. The van der Waals surface area contributed by atoms with E-state index in [1.54, 1.807) is 0 Å². The van der Waals surface area contributed by atoms with Gasteiger partial charge in [-0.05, 0) is 37.0 Å². The molecule has 1 heteroatoms. The van der Waals surface area contributed by atoms with Crippen LogP contribution in [-0.4, -0.2) is 10.7 Å². The van der Waals surface area contributed by atoms with Gasteiger partial charge in [-0.3, -0.25) is 0 Å². The molecule has 2 aliphatic rings. The summed E-state index contributed by atoms with van der Waals surface area (Å²) in [5, 5.41) is 11.5. The summed E-state index contributed by atoms with van der Waals surface area (Å²) >= 11 is 0. The fourth-order valence-electron chi connectivity index (χ4n) is 4.56. The molecule has 1 unspecified atom stereocenters. The Bertz CT molecular complexity index is 263. The van der Waals surface area contributed by atoms with E-state index in [1.165, 1.54) is 77.0 Å². The third-order valence-electron chi connectivity index (χ3n) is 6.06. The second-order valence-corrected chi connectivity index (χ2v) is 7.76. The molecule has 2 saturated carbocycles. The van der Waals surface area contributed by atoms with Crippen LogP contribution in [0.15, 0.2) is 0 Å². The summed E-state index contributed by atoms with van der Waals surface area (Å²) in [6.07, 6.45) is 16.9. The van der Waals surface area contributed by atoms with Crippen LogP contribution < -0.4 is 0 Å². The summed E-state index contributed by atoms with van der Waals surface area (Å²) in [5.74, 6) is 0.556. The molecular formula is C18H34O. The van der Waals surface area contributed by atoms with Crippen molar-refractivity contribution in [3.05, 3.63) is 0 Å². The van der Waals surface area contributed by atoms with Gasteiger partial charge in [-0.1, -0.05) is 71.6 Å². The van der Waals surface area contributed by atoms with E-state index < -0.39 is 5.60 Å². The van der Waals surface area contributed by atoms with Crippen molar-refractivity contribution < 1.29 is 5.11 Å². The number of hydrogen-bond acceptors (Lipinski definition) is 1. The lowest BCUT2D eigenvalue weighted by Crippen LogP contribution is -2.51. The van der Waals surface area contributed by atoms with Crippen LogP contribution in [0.3, 0.4) is 0 Å². The molecule has 0 aromatic rings. The molecule has 0 aromatic carbocycles. The molecule has 0 saturated heterocycles. The van der Waals surface area contributed by atoms with E-state index in [0.717, 1.165) is 6.42 Å². The average Bonchev–Trinajstić information content (AvgIpc) is 2.31. The van der Waals surface area contributed by atoms with Crippen molar-refractivity contribution in [3.8, 4) is 0 Å². The summed E-state index contributed by atoms with van der Waals surface area (Å²) < 4.78 is 0. The maximum absolute atomic E-state index is 11.5.